The molecular weight excluding hydrogens is 423 g/mol. The number of carbonyl (C=O) groups is 2. The molecule has 2 aromatic rings. The Balaban J connectivity index is 1.23. The summed E-state index contributed by atoms with van der Waals surface area (Å²) < 4.78 is 18.7. The fraction of sp³-hybridized carbons (Fsp3) is 0.500. The van der Waals surface area contributed by atoms with Crippen molar-refractivity contribution in [3.05, 3.63) is 35.1 Å². The van der Waals surface area contributed by atoms with Gasteiger partial charge in [-0.25, -0.2) is 9.18 Å². The first-order chi connectivity index (χ1) is 15.0. The molecule has 31 heavy (non-hydrogen) atoms. The van der Waals surface area contributed by atoms with Crippen LogP contribution in [0.5, 0.6) is 0 Å². The highest BCUT2D eigenvalue weighted by Crippen LogP contribution is 2.31. The van der Waals surface area contributed by atoms with Crippen molar-refractivity contribution in [3.8, 4) is 0 Å². The molecule has 2 fully saturated rings. The molecule has 0 radical (unpaired) electrons. The SMILES string of the molecule is C[C@@H](NC(=O)N1CCN(c2ccc(F)cc2)CC1)C(=O)Nc1nnc([C@H]2CCCO2)s1. The van der Waals surface area contributed by atoms with Crippen molar-refractivity contribution >= 4 is 34.1 Å². The van der Waals surface area contributed by atoms with Crippen molar-refractivity contribution in [2.45, 2.75) is 31.9 Å². The fourth-order valence-corrected chi connectivity index (χ4v) is 4.39. The molecule has 0 aliphatic carbocycles. The number of benzene rings is 1. The topological polar surface area (TPSA) is 99.7 Å². The van der Waals surface area contributed by atoms with Crippen LogP contribution >= 0.6 is 11.3 Å². The number of anilines is 2. The van der Waals surface area contributed by atoms with E-state index in [4.69, 9.17) is 4.74 Å². The number of carbonyl (C=O) groups excluding carboxylic acids is 2. The average Bonchev–Trinajstić information content (AvgIpc) is 3.46. The van der Waals surface area contributed by atoms with Gasteiger partial charge in [-0.1, -0.05) is 11.3 Å². The first kappa shape index (κ1) is 21.4. The molecule has 0 unspecified atom stereocenters. The molecule has 2 N–H and O–H groups in total. The van der Waals surface area contributed by atoms with Gasteiger partial charge in [0.25, 0.3) is 0 Å². The number of amides is 3. The molecule has 1 aromatic carbocycles. The molecular formula is C20H25FN6O3S. The lowest BCUT2D eigenvalue weighted by Gasteiger charge is -2.36. The monoisotopic (exact) mass is 448 g/mol. The van der Waals surface area contributed by atoms with Gasteiger partial charge in [0.1, 0.15) is 23.0 Å². The Morgan fingerprint density at radius 3 is 2.61 bits per heavy atom. The van der Waals surface area contributed by atoms with E-state index in [1.54, 1.807) is 24.0 Å². The summed E-state index contributed by atoms with van der Waals surface area (Å²) in [6, 6.07) is 5.30. The number of aromatic nitrogens is 2. The van der Waals surface area contributed by atoms with E-state index in [1.165, 1.54) is 23.5 Å². The number of urea groups is 1. The molecule has 2 atom stereocenters. The van der Waals surface area contributed by atoms with Crippen molar-refractivity contribution in [2.75, 3.05) is 43.0 Å². The number of hydrogen-bond acceptors (Lipinski definition) is 7. The van der Waals surface area contributed by atoms with Crippen LogP contribution in [0.1, 0.15) is 30.9 Å². The van der Waals surface area contributed by atoms with Crippen LogP contribution in [-0.2, 0) is 9.53 Å². The molecule has 4 rings (SSSR count). The molecule has 9 nitrogen and oxygen atoms in total. The summed E-state index contributed by atoms with van der Waals surface area (Å²) in [7, 11) is 0. The van der Waals surface area contributed by atoms with E-state index < -0.39 is 6.04 Å². The molecule has 2 aliphatic heterocycles. The fourth-order valence-electron chi connectivity index (χ4n) is 3.56. The van der Waals surface area contributed by atoms with Crippen LogP contribution < -0.4 is 15.5 Å². The van der Waals surface area contributed by atoms with Gasteiger partial charge in [-0.3, -0.25) is 10.1 Å². The second kappa shape index (κ2) is 9.56. The number of piperazine rings is 1. The van der Waals surface area contributed by atoms with Crippen molar-refractivity contribution < 1.29 is 18.7 Å². The first-order valence-electron chi connectivity index (χ1n) is 10.3. The Hall–Kier alpha value is -2.79. The number of halogens is 1. The minimum Gasteiger partial charge on any atom is -0.371 e. The lowest BCUT2D eigenvalue weighted by atomic mass is 10.2. The van der Waals surface area contributed by atoms with E-state index in [2.05, 4.69) is 25.7 Å². The molecule has 0 saturated carbocycles. The van der Waals surface area contributed by atoms with Gasteiger partial charge >= 0.3 is 6.03 Å². The van der Waals surface area contributed by atoms with E-state index in [0.717, 1.165) is 23.5 Å². The Morgan fingerprint density at radius 1 is 1.19 bits per heavy atom. The largest absolute Gasteiger partial charge is 0.371 e. The summed E-state index contributed by atoms with van der Waals surface area (Å²) in [6.07, 6.45) is 1.85. The maximum Gasteiger partial charge on any atom is 0.318 e. The maximum absolute atomic E-state index is 13.1. The molecule has 3 heterocycles. The van der Waals surface area contributed by atoms with Crippen molar-refractivity contribution in [3.63, 3.8) is 0 Å². The predicted molar refractivity (Wildman–Crippen MR) is 115 cm³/mol. The van der Waals surface area contributed by atoms with Crippen LogP contribution in [0.25, 0.3) is 0 Å². The van der Waals surface area contributed by atoms with Crippen molar-refractivity contribution in [2.24, 2.45) is 0 Å². The zero-order valence-corrected chi connectivity index (χ0v) is 18.0. The van der Waals surface area contributed by atoms with Gasteiger partial charge in [-0.05, 0) is 44.0 Å². The van der Waals surface area contributed by atoms with Gasteiger partial charge in [-0.15, -0.1) is 10.2 Å². The summed E-state index contributed by atoms with van der Waals surface area (Å²) in [4.78, 5) is 28.8. The summed E-state index contributed by atoms with van der Waals surface area (Å²) in [5.74, 6) is -0.626. The standard InChI is InChI=1S/C20H25FN6O3S/c1-13(17(28)23-19-25-24-18(31-19)16-3-2-12-30-16)22-20(29)27-10-8-26(9-11-27)15-6-4-14(21)5-7-15/h4-7,13,16H,2-3,8-12H2,1H3,(H,22,29)(H,23,25,28)/t13-,16-/m1/s1. The Kier molecular flexibility index (Phi) is 6.62. The molecule has 2 saturated heterocycles. The van der Waals surface area contributed by atoms with E-state index in [9.17, 15) is 14.0 Å². The van der Waals surface area contributed by atoms with Gasteiger partial charge in [-0.2, -0.15) is 0 Å². The van der Waals surface area contributed by atoms with Crippen molar-refractivity contribution in [1.29, 1.82) is 0 Å². The number of nitrogens with zero attached hydrogens (tertiary/aromatic N) is 4. The molecule has 1 aromatic heterocycles. The van der Waals surface area contributed by atoms with Crippen LogP contribution in [0.3, 0.4) is 0 Å². The van der Waals surface area contributed by atoms with Gasteiger partial charge in [0.05, 0.1) is 0 Å². The molecule has 0 spiro atoms. The van der Waals surface area contributed by atoms with E-state index in [1.807, 2.05) is 0 Å². The third kappa shape index (κ3) is 5.28. The third-order valence-electron chi connectivity index (χ3n) is 5.37. The Morgan fingerprint density at radius 2 is 1.94 bits per heavy atom. The van der Waals surface area contributed by atoms with Crippen molar-refractivity contribution in [1.82, 2.24) is 20.4 Å². The highest BCUT2D eigenvalue weighted by molar-refractivity contribution is 7.15. The van der Waals surface area contributed by atoms with Gasteiger partial charge in [0.2, 0.25) is 11.0 Å². The summed E-state index contributed by atoms with van der Waals surface area (Å²) in [5, 5.41) is 14.7. The lowest BCUT2D eigenvalue weighted by molar-refractivity contribution is -0.117. The molecule has 3 amide bonds. The van der Waals surface area contributed by atoms with Crippen LogP contribution in [-0.4, -0.2) is 65.9 Å². The van der Waals surface area contributed by atoms with Crippen LogP contribution in [0.4, 0.5) is 20.0 Å². The second-order valence-corrected chi connectivity index (χ2v) is 8.57. The maximum atomic E-state index is 13.1. The normalized spacial score (nSPS) is 19.9. The average molecular weight is 449 g/mol. The number of ether oxygens (including phenoxy) is 1. The Labute approximate surface area is 183 Å². The predicted octanol–water partition coefficient (Wildman–Crippen LogP) is 2.39. The number of hydrogen-bond donors (Lipinski definition) is 2. The molecule has 0 bridgehead atoms. The van der Waals surface area contributed by atoms with Crippen LogP contribution in [0, 0.1) is 5.82 Å². The molecule has 166 valence electrons. The quantitative estimate of drug-likeness (QED) is 0.729. The zero-order valence-electron chi connectivity index (χ0n) is 17.2. The van der Waals surface area contributed by atoms with Gasteiger partial charge in [0, 0.05) is 38.5 Å². The lowest BCUT2D eigenvalue weighted by Crippen LogP contribution is -2.54. The molecule has 2 aliphatic rings. The minimum atomic E-state index is -0.724. The number of nitrogens with one attached hydrogen (secondary N) is 2. The first-order valence-corrected chi connectivity index (χ1v) is 11.1. The summed E-state index contributed by atoms with van der Waals surface area (Å²) >= 11 is 1.29. The smallest absolute Gasteiger partial charge is 0.318 e. The third-order valence-corrected chi connectivity index (χ3v) is 6.30. The highest BCUT2D eigenvalue weighted by atomic mass is 32.1. The summed E-state index contributed by atoms with van der Waals surface area (Å²) in [5.41, 5.74) is 0.925. The van der Waals surface area contributed by atoms with E-state index in [-0.39, 0.29) is 23.9 Å². The summed E-state index contributed by atoms with van der Waals surface area (Å²) in [6.45, 7) is 4.64. The van der Waals surface area contributed by atoms with Crippen LogP contribution in [0.15, 0.2) is 24.3 Å². The van der Waals surface area contributed by atoms with E-state index in [0.29, 0.717) is 37.9 Å². The molecule has 11 heteroatoms. The van der Waals surface area contributed by atoms with Gasteiger partial charge in [0.15, 0.2) is 0 Å². The Bertz CT molecular complexity index is 910. The second-order valence-electron chi connectivity index (χ2n) is 7.56. The van der Waals surface area contributed by atoms with Gasteiger partial charge < -0.3 is 19.9 Å². The highest BCUT2D eigenvalue weighted by Gasteiger charge is 2.26. The van der Waals surface area contributed by atoms with E-state index >= 15 is 0 Å². The zero-order chi connectivity index (χ0) is 21.8. The van der Waals surface area contributed by atoms with Crippen LogP contribution in [0.2, 0.25) is 0 Å². The minimum absolute atomic E-state index is 0.0474. The number of rotatable bonds is 5.